The van der Waals surface area contributed by atoms with E-state index in [1.54, 1.807) is 32.9 Å². The van der Waals surface area contributed by atoms with Gasteiger partial charge in [0.1, 0.15) is 24.6 Å². The third kappa shape index (κ3) is 22.2. The molecule has 13 nitrogen and oxygen atoms in total. The Morgan fingerprint density at radius 3 is 1.36 bits per heavy atom. The first kappa shape index (κ1) is 34.6. The maximum absolute atomic E-state index is 11.5. The van der Waals surface area contributed by atoms with Gasteiger partial charge in [0.05, 0.1) is 90.8 Å². The molecule has 1 aromatic rings. The number of hydrogen-bond donors (Lipinski definition) is 0. The number of carbonyl (C=O) groups is 1. The Hall–Kier alpha value is -2.39. The summed E-state index contributed by atoms with van der Waals surface area (Å²) in [4.78, 5) is 21.6. The van der Waals surface area contributed by atoms with E-state index >= 15 is 0 Å². The molecule has 0 unspecified atom stereocenters. The van der Waals surface area contributed by atoms with E-state index in [0.29, 0.717) is 98.2 Å². The number of esters is 1. The van der Waals surface area contributed by atoms with E-state index in [9.17, 15) is 14.9 Å². The Balaban J connectivity index is 1.72. The molecule has 0 fully saturated rings. The molecule has 0 atom stereocenters. The van der Waals surface area contributed by atoms with Gasteiger partial charge >= 0.3 is 5.97 Å². The van der Waals surface area contributed by atoms with Gasteiger partial charge in [-0.05, 0) is 32.9 Å². The van der Waals surface area contributed by atoms with E-state index in [1.807, 2.05) is 0 Å². The van der Waals surface area contributed by atoms with Gasteiger partial charge in [-0.2, -0.15) is 0 Å². The maximum Gasteiger partial charge on any atom is 0.332 e. The Labute approximate surface area is 230 Å². The summed E-state index contributed by atoms with van der Waals surface area (Å²) in [5, 5.41) is 10.6. The van der Waals surface area contributed by atoms with Crippen LogP contribution >= 0.6 is 0 Å². The van der Waals surface area contributed by atoms with Gasteiger partial charge in [-0.25, -0.2) is 4.79 Å². The predicted molar refractivity (Wildman–Crippen MR) is 140 cm³/mol. The second kappa shape index (κ2) is 22.4. The number of nitro benzene ring substituents is 1. The molecular formula is C26H43NO12. The molecule has 1 rings (SSSR count). The first-order valence-corrected chi connectivity index (χ1v) is 12.9. The van der Waals surface area contributed by atoms with Crippen molar-refractivity contribution in [3.05, 3.63) is 34.4 Å². The summed E-state index contributed by atoms with van der Waals surface area (Å²) in [6.07, 6.45) is 0. The van der Waals surface area contributed by atoms with Crippen LogP contribution < -0.4 is 4.74 Å². The van der Waals surface area contributed by atoms with E-state index in [0.717, 1.165) is 0 Å². The van der Waals surface area contributed by atoms with Crippen LogP contribution in [0.2, 0.25) is 0 Å². The molecule has 0 amide bonds. The van der Waals surface area contributed by atoms with Crippen molar-refractivity contribution in [3.63, 3.8) is 0 Å². The van der Waals surface area contributed by atoms with Gasteiger partial charge in [0.15, 0.2) is 0 Å². The van der Waals surface area contributed by atoms with Crippen molar-refractivity contribution in [2.45, 2.75) is 26.4 Å². The number of nitrogens with zero attached hydrogens (tertiary/aromatic N) is 1. The first-order valence-electron chi connectivity index (χ1n) is 12.9. The molecule has 39 heavy (non-hydrogen) atoms. The SMILES string of the molecule is CC(C)(C)OC(=O)COCCOCCOCCOCCOCCOCCOCCOc1ccc([N+](=O)[O-])cc1. The lowest BCUT2D eigenvalue weighted by Crippen LogP contribution is -2.27. The molecule has 0 spiro atoms. The lowest BCUT2D eigenvalue weighted by Gasteiger charge is -2.19. The lowest BCUT2D eigenvalue weighted by molar-refractivity contribution is -0.384. The van der Waals surface area contributed by atoms with Crippen molar-refractivity contribution in [1.29, 1.82) is 0 Å². The number of rotatable bonds is 25. The summed E-state index contributed by atoms with van der Waals surface area (Å²) < 4.78 is 48.2. The molecule has 0 saturated carbocycles. The van der Waals surface area contributed by atoms with E-state index in [4.69, 9.17) is 42.6 Å². The zero-order chi connectivity index (χ0) is 28.6. The number of nitro groups is 1. The van der Waals surface area contributed by atoms with Crippen LogP contribution in [0.5, 0.6) is 5.75 Å². The van der Waals surface area contributed by atoms with Gasteiger partial charge in [0, 0.05) is 12.1 Å². The second-order valence-electron chi connectivity index (χ2n) is 8.91. The fraction of sp³-hybridized carbons (Fsp3) is 0.731. The molecule has 0 aliphatic carbocycles. The number of ether oxygens (including phenoxy) is 9. The van der Waals surface area contributed by atoms with E-state index in [2.05, 4.69) is 0 Å². The molecule has 0 N–H and O–H groups in total. The van der Waals surface area contributed by atoms with Crippen LogP contribution in [0.3, 0.4) is 0 Å². The van der Waals surface area contributed by atoms with Gasteiger partial charge in [0.2, 0.25) is 0 Å². The summed E-state index contributed by atoms with van der Waals surface area (Å²) in [6, 6.07) is 5.89. The number of benzene rings is 1. The van der Waals surface area contributed by atoms with Crippen LogP contribution in [0.4, 0.5) is 5.69 Å². The normalized spacial score (nSPS) is 11.5. The van der Waals surface area contributed by atoms with Crippen LogP contribution in [-0.2, 0) is 42.7 Å². The van der Waals surface area contributed by atoms with Crippen LogP contribution in [0.25, 0.3) is 0 Å². The fourth-order valence-electron chi connectivity index (χ4n) is 2.73. The average molecular weight is 562 g/mol. The van der Waals surface area contributed by atoms with Gasteiger partial charge < -0.3 is 42.6 Å². The molecule has 0 aliphatic rings. The summed E-state index contributed by atoms with van der Waals surface area (Å²) in [7, 11) is 0. The van der Waals surface area contributed by atoms with Crippen molar-refractivity contribution in [2.75, 3.05) is 99.1 Å². The smallest absolute Gasteiger partial charge is 0.332 e. The fourth-order valence-corrected chi connectivity index (χ4v) is 2.73. The van der Waals surface area contributed by atoms with Crippen molar-refractivity contribution in [3.8, 4) is 5.75 Å². The third-order valence-corrected chi connectivity index (χ3v) is 4.42. The highest BCUT2D eigenvalue weighted by molar-refractivity contribution is 5.71. The second-order valence-corrected chi connectivity index (χ2v) is 8.91. The van der Waals surface area contributed by atoms with E-state index in [-0.39, 0.29) is 12.3 Å². The van der Waals surface area contributed by atoms with Crippen LogP contribution in [0, 0.1) is 10.1 Å². The zero-order valence-corrected chi connectivity index (χ0v) is 23.3. The van der Waals surface area contributed by atoms with Crippen molar-refractivity contribution < 1.29 is 52.3 Å². The van der Waals surface area contributed by atoms with Gasteiger partial charge in [0.25, 0.3) is 5.69 Å². The van der Waals surface area contributed by atoms with Gasteiger partial charge in [-0.3, -0.25) is 10.1 Å². The predicted octanol–water partition coefficient (Wildman–Crippen LogP) is 2.43. The molecule has 0 aliphatic heterocycles. The Morgan fingerprint density at radius 2 is 1.00 bits per heavy atom. The number of carbonyl (C=O) groups excluding carboxylic acids is 1. The number of hydrogen-bond acceptors (Lipinski definition) is 12. The summed E-state index contributed by atoms with van der Waals surface area (Å²) >= 11 is 0. The summed E-state index contributed by atoms with van der Waals surface area (Å²) in [5.41, 5.74) is -0.493. The molecule has 224 valence electrons. The topological polar surface area (TPSA) is 143 Å². The van der Waals surface area contributed by atoms with Gasteiger partial charge in [-0.1, -0.05) is 0 Å². The summed E-state index contributed by atoms with van der Waals surface area (Å²) in [6.45, 7) is 11.3. The third-order valence-electron chi connectivity index (χ3n) is 4.42. The molecule has 0 aromatic heterocycles. The minimum absolute atomic E-state index is 0.0225. The van der Waals surface area contributed by atoms with Crippen molar-refractivity contribution in [1.82, 2.24) is 0 Å². The molecular weight excluding hydrogens is 518 g/mol. The highest BCUT2D eigenvalue weighted by atomic mass is 16.6. The maximum atomic E-state index is 11.5. The Morgan fingerprint density at radius 1 is 0.641 bits per heavy atom. The minimum Gasteiger partial charge on any atom is -0.491 e. The van der Waals surface area contributed by atoms with Gasteiger partial charge in [-0.15, -0.1) is 0 Å². The molecule has 0 bridgehead atoms. The quantitative estimate of drug-likeness (QED) is 0.0748. The zero-order valence-electron chi connectivity index (χ0n) is 23.3. The van der Waals surface area contributed by atoms with Crippen molar-refractivity contribution in [2.24, 2.45) is 0 Å². The summed E-state index contributed by atoms with van der Waals surface area (Å²) in [5.74, 6) is 0.158. The van der Waals surface area contributed by atoms with Crippen LogP contribution in [-0.4, -0.2) is 116 Å². The average Bonchev–Trinajstić information content (AvgIpc) is 2.88. The van der Waals surface area contributed by atoms with Crippen LogP contribution in [0.1, 0.15) is 20.8 Å². The Bertz CT molecular complexity index is 754. The Kier molecular flexibility index (Phi) is 19.9. The molecule has 1 aromatic carbocycles. The lowest BCUT2D eigenvalue weighted by atomic mass is 10.2. The van der Waals surface area contributed by atoms with E-state index in [1.165, 1.54) is 12.1 Å². The van der Waals surface area contributed by atoms with E-state index < -0.39 is 16.5 Å². The standard InChI is InChI=1S/C26H43NO12/c1-26(2,3)39-25(28)22-37-19-18-35-15-14-33-11-10-31-8-9-32-12-13-34-16-17-36-20-21-38-24-6-4-23(5-7-24)27(29)30/h4-7H,8-22H2,1-3H3. The highest BCUT2D eigenvalue weighted by Gasteiger charge is 2.15. The highest BCUT2D eigenvalue weighted by Crippen LogP contribution is 2.17. The largest absolute Gasteiger partial charge is 0.491 e. The first-order chi connectivity index (χ1) is 18.8. The molecule has 13 heteroatoms. The van der Waals surface area contributed by atoms with Crippen molar-refractivity contribution >= 4 is 11.7 Å². The minimum atomic E-state index is -0.516. The molecule has 0 heterocycles. The number of non-ortho nitro benzene ring substituents is 1. The van der Waals surface area contributed by atoms with Crippen LogP contribution in [0.15, 0.2) is 24.3 Å². The molecule has 0 saturated heterocycles. The monoisotopic (exact) mass is 561 g/mol. The molecule has 0 radical (unpaired) electrons.